The Bertz CT molecular complexity index is 859. The fourth-order valence-electron chi connectivity index (χ4n) is 2.83. The van der Waals surface area contributed by atoms with Gasteiger partial charge < -0.3 is 16.0 Å². The van der Waals surface area contributed by atoms with Gasteiger partial charge in [-0.25, -0.2) is 4.79 Å². The van der Waals surface area contributed by atoms with Crippen molar-refractivity contribution < 1.29 is 9.59 Å². The number of hydrogen-bond acceptors (Lipinski definition) is 2. The predicted molar refractivity (Wildman–Crippen MR) is 98.4 cm³/mol. The maximum atomic E-state index is 12.8. The Morgan fingerprint density at radius 1 is 1.12 bits per heavy atom. The van der Waals surface area contributed by atoms with E-state index in [2.05, 4.69) is 16.0 Å². The van der Waals surface area contributed by atoms with Crippen molar-refractivity contribution in [3.05, 3.63) is 76.0 Å². The highest BCUT2D eigenvalue weighted by Gasteiger charge is 2.31. The van der Waals surface area contributed by atoms with Gasteiger partial charge in [-0.1, -0.05) is 41.4 Å². The molecule has 2 aromatic rings. The van der Waals surface area contributed by atoms with E-state index in [1.165, 1.54) is 0 Å². The molecule has 2 aromatic carbocycles. The Kier molecular flexibility index (Phi) is 4.76. The molecule has 6 heteroatoms. The van der Waals surface area contributed by atoms with E-state index in [9.17, 15) is 9.59 Å². The highest BCUT2D eigenvalue weighted by Crippen LogP contribution is 2.28. The summed E-state index contributed by atoms with van der Waals surface area (Å²) in [5.74, 6) is -0.279. The molecule has 0 fully saturated rings. The van der Waals surface area contributed by atoms with Crippen molar-refractivity contribution in [3.8, 4) is 0 Å². The van der Waals surface area contributed by atoms with Crippen molar-refractivity contribution in [3.63, 3.8) is 0 Å². The highest BCUT2D eigenvalue weighted by atomic mass is 35.5. The van der Waals surface area contributed by atoms with Crippen LogP contribution in [0.1, 0.15) is 24.1 Å². The molecule has 3 amide bonds. The van der Waals surface area contributed by atoms with Gasteiger partial charge in [-0.2, -0.15) is 0 Å². The van der Waals surface area contributed by atoms with Crippen LogP contribution in [0.2, 0.25) is 5.02 Å². The lowest BCUT2D eigenvalue weighted by molar-refractivity contribution is -0.113. The SMILES string of the molecule is CC1=C(C(=O)Nc2ccc(Cl)cc2)[C@@H](c2cccc(C)c2)NC(=O)N1. The Hall–Kier alpha value is -2.79. The first kappa shape index (κ1) is 17.0. The smallest absolute Gasteiger partial charge is 0.319 e. The average molecular weight is 356 g/mol. The van der Waals surface area contributed by atoms with Gasteiger partial charge in [0.2, 0.25) is 0 Å². The second-order valence-corrected chi connectivity index (χ2v) is 6.38. The number of anilines is 1. The third-order valence-corrected chi connectivity index (χ3v) is 4.24. The standard InChI is InChI=1S/C19H18ClN3O2/c1-11-4-3-5-13(10-11)17-16(12(2)21-19(25)23-17)18(24)22-15-8-6-14(20)7-9-15/h3-10,17H,1-2H3,(H,22,24)(H2,21,23,25)/t17-/m1/s1. The van der Waals surface area contributed by atoms with Crippen LogP contribution in [0, 0.1) is 6.92 Å². The Balaban J connectivity index is 1.94. The summed E-state index contributed by atoms with van der Waals surface area (Å²) in [5, 5.41) is 8.94. The predicted octanol–water partition coefficient (Wildman–Crippen LogP) is 3.92. The molecule has 0 aliphatic carbocycles. The monoisotopic (exact) mass is 355 g/mol. The minimum Gasteiger partial charge on any atom is -0.327 e. The molecule has 1 atom stereocenters. The van der Waals surface area contributed by atoms with Crippen LogP contribution >= 0.6 is 11.6 Å². The number of hydrogen-bond donors (Lipinski definition) is 3. The molecule has 0 spiro atoms. The summed E-state index contributed by atoms with van der Waals surface area (Å²) in [4.78, 5) is 24.7. The normalized spacial score (nSPS) is 16.9. The molecule has 0 bridgehead atoms. The quantitative estimate of drug-likeness (QED) is 0.781. The van der Waals surface area contributed by atoms with Gasteiger partial charge >= 0.3 is 6.03 Å². The number of amides is 3. The van der Waals surface area contributed by atoms with Crippen LogP contribution in [0.5, 0.6) is 0 Å². The molecule has 25 heavy (non-hydrogen) atoms. The lowest BCUT2D eigenvalue weighted by Gasteiger charge is -2.29. The number of urea groups is 1. The van der Waals surface area contributed by atoms with Gasteiger partial charge in [0.15, 0.2) is 0 Å². The molecule has 0 saturated carbocycles. The Morgan fingerprint density at radius 2 is 1.84 bits per heavy atom. The van der Waals surface area contributed by atoms with E-state index in [1.807, 2.05) is 31.2 Å². The van der Waals surface area contributed by atoms with Gasteiger partial charge in [-0.15, -0.1) is 0 Å². The zero-order chi connectivity index (χ0) is 18.0. The molecule has 1 heterocycles. The van der Waals surface area contributed by atoms with Crippen molar-refractivity contribution in [2.75, 3.05) is 5.32 Å². The first-order chi connectivity index (χ1) is 11.9. The lowest BCUT2D eigenvalue weighted by Crippen LogP contribution is -2.46. The summed E-state index contributed by atoms with van der Waals surface area (Å²) in [6.45, 7) is 3.69. The summed E-state index contributed by atoms with van der Waals surface area (Å²) in [5.41, 5.74) is 3.55. The average Bonchev–Trinajstić information content (AvgIpc) is 2.56. The van der Waals surface area contributed by atoms with Gasteiger partial charge in [0, 0.05) is 16.4 Å². The van der Waals surface area contributed by atoms with Crippen LogP contribution in [0.4, 0.5) is 10.5 Å². The molecule has 1 aliphatic heterocycles. The van der Waals surface area contributed by atoms with Crippen molar-refractivity contribution in [2.24, 2.45) is 0 Å². The summed E-state index contributed by atoms with van der Waals surface area (Å²) in [6, 6.07) is 13.8. The first-order valence-corrected chi connectivity index (χ1v) is 8.23. The summed E-state index contributed by atoms with van der Waals surface area (Å²) >= 11 is 5.87. The van der Waals surface area contributed by atoms with Crippen molar-refractivity contribution in [1.29, 1.82) is 0 Å². The second kappa shape index (κ2) is 6.99. The van der Waals surface area contributed by atoms with Crippen LogP contribution in [0.15, 0.2) is 59.8 Å². The van der Waals surface area contributed by atoms with Gasteiger partial charge in [0.05, 0.1) is 11.6 Å². The maximum Gasteiger partial charge on any atom is 0.319 e. The van der Waals surface area contributed by atoms with Crippen LogP contribution in [0.3, 0.4) is 0 Å². The number of carbonyl (C=O) groups is 2. The number of carbonyl (C=O) groups excluding carboxylic acids is 2. The molecule has 0 unspecified atom stereocenters. The molecule has 128 valence electrons. The lowest BCUT2D eigenvalue weighted by atomic mass is 9.94. The number of rotatable bonds is 3. The maximum absolute atomic E-state index is 12.8. The van der Waals surface area contributed by atoms with Gasteiger partial charge in [0.1, 0.15) is 0 Å². The van der Waals surface area contributed by atoms with Crippen LogP contribution in [-0.4, -0.2) is 11.9 Å². The van der Waals surface area contributed by atoms with E-state index < -0.39 is 6.04 Å². The van der Waals surface area contributed by atoms with E-state index in [1.54, 1.807) is 31.2 Å². The van der Waals surface area contributed by atoms with E-state index in [0.717, 1.165) is 11.1 Å². The molecular formula is C19H18ClN3O2. The van der Waals surface area contributed by atoms with Gasteiger partial charge in [-0.05, 0) is 43.7 Å². The number of halogens is 1. The van der Waals surface area contributed by atoms with Crippen molar-refractivity contribution in [1.82, 2.24) is 10.6 Å². The Labute approximate surface area is 151 Å². The van der Waals surface area contributed by atoms with E-state index in [0.29, 0.717) is 22.0 Å². The van der Waals surface area contributed by atoms with E-state index >= 15 is 0 Å². The number of nitrogens with one attached hydrogen (secondary N) is 3. The number of benzene rings is 2. The summed E-state index contributed by atoms with van der Waals surface area (Å²) < 4.78 is 0. The fourth-order valence-corrected chi connectivity index (χ4v) is 2.95. The highest BCUT2D eigenvalue weighted by molar-refractivity contribution is 6.30. The van der Waals surface area contributed by atoms with Gasteiger partial charge in [-0.3, -0.25) is 4.79 Å². The second-order valence-electron chi connectivity index (χ2n) is 5.95. The number of aryl methyl sites for hydroxylation is 1. The summed E-state index contributed by atoms with van der Waals surface area (Å²) in [7, 11) is 0. The van der Waals surface area contributed by atoms with Crippen LogP contribution in [0.25, 0.3) is 0 Å². The van der Waals surface area contributed by atoms with Crippen molar-refractivity contribution >= 4 is 29.2 Å². The van der Waals surface area contributed by atoms with Gasteiger partial charge in [0.25, 0.3) is 5.91 Å². The van der Waals surface area contributed by atoms with Crippen molar-refractivity contribution in [2.45, 2.75) is 19.9 Å². The fraction of sp³-hybridized carbons (Fsp3) is 0.158. The topological polar surface area (TPSA) is 70.2 Å². The third kappa shape index (κ3) is 3.83. The first-order valence-electron chi connectivity index (χ1n) is 7.86. The Morgan fingerprint density at radius 3 is 2.52 bits per heavy atom. The zero-order valence-corrected chi connectivity index (χ0v) is 14.6. The molecule has 3 N–H and O–H groups in total. The molecule has 0 aromatic heterocycles. The minimum atomic E-state index is -0.513. The molecule has 0 saturated heterocycles. The molecule has 1 aliphatic rings. The van der Waals surface area contributed by atoms with E-state index in [-0.39, 0.29) is 11.9 Å². The summed E-state index contributed by atoms with van der Waals surface area (Å²) in [6.07, 6.45) is 0. The largest absolute Gasteiger partial charge is 0.327 e. The zero-order valence-electron chi connectivity index (χ0n) is 13.9. The molecule has 0 radical (unpaired) electrons. The number of allylic oxidation sites excluding steroid dienone is 1. The van der Waals surface area contributed by atoms with Crippen LogP contribution < -0.4 is 16.0 Å². The third-order valence-electron chi connectivity index (χ3n) is 3.99. The van der Waals surface area contributed by atoms with E-state index in [4.69, 9.17) is 11.6 Å². The minimum absolute atomic E-state index is 0.279. The van der Waals surface area contributed by atoms with Crippen LogP contribution in [-0.2, 0) is 4.79 Å². The molecule has 5 nitrogen and oxygen atoms in total. The molecule has 3 rings (SSSR count). The molecular weight excluding hydrogens is 338 g/mol.